The van der Waals surface area contributed by atoms with E-state index < -0.39 is 0 Å². The fraction of sp³-hybridized carbons (Fsp3) is 0.312. The van der Waals surface area contributed by atoms with Crippen LogP contribution < -0.4 is 10.9 Å². The number of hydrazine groups is 1. The Morgan fingerprint density at radius 1 is 1.35 bits per heavy atom. The first-order valence-corrected chi connectivity index (χ1v) is 7.18. The Balaban J connectivity index is 1.59. The van der Waals surface area contributed by atoms with Crippen LogP contribution in [0.25, 0.3) is 11.0 Å². The molecule has 5 rings (SSSR count). The summed E-state index contributed by atoms with van der Waals surface area (Å²) in [5.74, 6) is 1.23. The van der Waals surface area contributed by atoms with Crippen LogP contribution in [0.2, 0.25) is 0 Å². The molecule has 3 atom stereocenters. The largest absolute Gasteiger partial charge is 0.323 e. The van der Waals surface area contributed by atoms with Crippen LogP contribution in [-0.2, 0) is 0 Å². The highest BCUT2D eigenvalue weighted by Crippen LogP contribution is 2.47. The maximum Gasteiger partial charge on any atom is 0.111 e. The molecule has 100 valence electrons. The van der Waals surface area contributed by atoms with Gasteiger partial charge in [0.05, 0.1) is 17.4 Å². The van der Waals surface area contributed by atoms with Gasteiger partial charge in [-0.05, 0) is 42.7 Å². The Morgan fingerprint density at radius 2 is 2.30 bits per heavy atom. The monoisotopic (exact) mass is 264 g/mol. The first kappa shape index (κ1) is 10.7. The van der Waals surface area contributed by atoms with Crippen LogP contribution in [0.4, 0.5) is 0 Å². The van der Waals surface area contributed by atoms with E-state index in [-0.39, 0.29) is 6.17 Å². The number of aryl methyl sites for hydroxylation is 1. The van der Waals surface area contributed by atoms with Gasteiger partial charge in [-0.2, -0.15) is 0 Å². The summed E-state index contributed by atoms with van der Waals surface area (Å²) in [6.07, 6.45) is 8.08. The SMILES string of the molecule is Cc1ccc2c(c1)ncn2C1NNC2=CC3=CC3CC21. The van der Waals surface area contributed by atoms with Crippen molar-refractivity contribution in [2.75, 3.05) is 0 Å². The Kier molecular flexibility index (Phi) is 1.88. The van der Waals surface area contributed by atoms with Gasteiger partial charge in [0.2, 0.25) is 0 Å². The minimum absolute atomic E-state index is 0.254. The van der Waals surface area contributed by atoms with Gasteiger partial charge >= 0.3 is 0 Å². The summed E-state index contributed by atoms with van der Waals surface area (Å²) in [7, 11) is 0. The summed E-state index contributed by atoms with van der Waals surface area (Å²) in [6, 6.07) is 6.47. The molecule has 1 fully saturated rings. The molecule has 2 heterocycles. The molecule has 4 nitrogen and oxygen atoms in total. The predicted octanol–water partition coefficient (Wildman–Crippen LogP) is 2.41. The number of nitrogens with one attached hydrogen (secondary N) is 2. The second kappa shape index (κ2) is 3.52. The molecule has 0 spiro atoms. The standard InChI is InChI=1S/C16H16N4/c1-9-2-3-15-14(4-9)17-8-20(15)16-12-6-10-5-11(10)7-13(12)18-19-16/h2-5,7-8,10,12,16,18-19H,6H2,1H3. The molecule has 2 aromatic rings. The molecular weight excluding hydrogens is 248 g/mol. The van der Waals surface area contributed by atoms with Crippen LogP contribution in [0.3, 0.4) is 0 Å². The molecule has 3 unspecified atom stereocenters. The van der Waals surface area contributed by atoms with E-state index in [0.717, 1.165) is 5.52 Å². The normalized spacial score (nSPS) is 30.4. The zero-order chi connectivity index (χ0) is 13.3. The maximum atomic E-state index is 4.55. The Morgan fingerprint density at radius 3 is 3.25 bits per heavy atom. The third-order valence-electron chi connectivity index (χ3n) is 4.72. The highest BCUT2D eigenvalue weighted by Gasteiger charge is 2.41. The highest BCUT2D eigenvalue weighted by molar-refractivity contribution is 5.76. The van der Waals surface area contributed by atoms with Crippen molar-refractivity contribution in [2.24, 2.45) is 11.8 Å². The molecule has 0 amide bonds. The lowest BCUT2D eigenvalue weighted by molar-refractivity contribution is 0.345. The van der Waals surface area contributed by atoms with Gasteiger partial charge in [-0.3, -0.25) is 0 Å². The van der Waals surface area contributed by atoms with E-state index >= 15 is 0 Å². The van der Waals surface area contributed by atoms with Gasteiger partial charge in [-0.1, -0.05) is 12.1 Å². The molecule has 4 heteroatoms. The lowest BCUT2D eigenvalue weighted by atomic mass is 9.90. The average molecular weight is 264 g/mol. The van der Waals surface area contributed by atoms with E-state index in [2.05, 4.69) is 57.7 Å². The van der Waals surface area contributed by atoms with E-state index in [1.165, 1.54) is 28.8 Å². The van der Waals surface area contributed by atoms with Crippen molar-refractivity contribution in [1.82, 2.24) is 20.4 Å². The Bertz CT molecular complexity index is 783. The fourth-order valence-electron chi connectivity index (χ4n) is 3.54. The molecule has 20 heavy (non-hydrogen) atoms. The van der Waals surface area contributed by atoms with Gasteiger partial charge in [-0.15, -0.1) is 0 Å². The molecule has 2 N–H and O–H groups in total. The molecule has 0 saturated carbocycles. The topological polar surface area (TPSA) is 41.9 Å². The summed E-state index contributed by atoms with van der Waals surface area (Å²) in [5, 5.41) is 0. The molecule has 1 aromatic heterocycles. The zero-order valence-electron chi connectivity index (χ0n) is 11.3. The van der Waals surface area contributed by atoms with Gasteiger partial charge in [0.1, 0.15) is 6.17 Å². The molecular formula is C16H16N4. The summed E-state index contributed by atoms with van der Waals surface area (Å²) in [6.45, 7) is 2.11. The van der Waals surface area contributed by atoms with E-state index in [1.807, 2.05) is 6.33 Å². The van der Waals surface area contributed by atoms with Gasteiger partial charge in [-0.25, -0.2) is 10.4 Å². The lowest BCUT2D eigenvalue weighted by Gasteiger charge is -2.22. The van der Waals surface area contributed by atoms with Crippen LogP contribution >= 0.6 is 0 Å². The third-order valence-corrected chi connectivity index (χ3v) is 4.72. The van der Waals surface area contributed by atoms with Crippen LogP contribution in [0.1, 0.15) is 18.2 Å². The van der Waals surface area contributed by atoms with Gasteiger partial charge in [0, 0.05) is 17.5 Å². The average Bonchev–Trinajstić information content (AvgIpc) is 2.89. The molecule has 0 radical (unpaired) electrons. The predicted molar refractivity (Wildman–Crippen MR) is 77.5 cm³/mol. The summed E-state index contributed by atoms with van der Waals surface area (Å²) >= 11 is 0. The van der Waals surface area contributed by atoms with Crippen LogP contribution in [0.5, 0.6) is 0 Å². The fourth-order valence-corrected chi connectivity index (χ4v) is 3.54. The Labute approximate surface area is 117 Å². The third kappa shape index (κ3) is 1.37. The van der Waals surface area contributed by atoms with Crippen molar-refractivity contribution < 1.29 is 0 Å². The number of nitrogens with zero attached hydrogens (tertiary/aromatic N) is 2. The minimum atomic E-state index is 0.254. The van der Waals surface area contributed by atoms with Crippen molar-refractivity contribution >= 4 is 11.0 Å². The molecule has 3 aliphatic rings. The number of allylic oxidation sites excluding steroid dienone is 3. The highest BCUT2D eigenvalue weighted by atomic mass is 15.5. The number of aromatic nitrogens is 2. The van der Waals surface area contributed by atoms with Crippen molar-refractivity contribution in [2.45, 2.75) is 19.5 Å². The first-order chi connectivity index (χ1) is 9.79. The van der Waals surface area contributed by atoms with Crippen molar-refractivity contribution in [3.05, 3.63) is 53.5 Å². The Hall–Kier alpha value is -2.07. The number of benzene rings is 1. The van der Waals surface area contributed by atoms with Crippen molar-refractivity contribution in [1.29, 1.82) is 0 Å². The van der Waals surface area contributed by atoms with Gasteiger partial charge in [0.15, 0.2) is 0 Å². The van der Waals surface area contributed by atoms with E-state index in [4.69, 9.17) is 0 Å². The number of hydrogen-bond donors (Lipinski definition) is 2. The zero-order valence-corrected chi connectivity index (χ0v) is 11.3. The second-order valence-electron chi connectivity index (χ2n) is 6.07. The van der Waals surface area contributed by atoms with Gasteiger partial charge < -0.3 is 9.99 Å². The van der Waals surface area contributed by atoms with E-state index in [1.54, 1.807) is 0 Å². The van der Waals surface area contributed by atoms with Crippen LogP contribution in [-0.4, -0.2) is 9.55 Å². The number of rotatable bonds is 1. The summed E-state index contributed by atoms with van der Waals surface area (Å²) in [5.41, 5.74) is 13.1. The number of fused-ring (bicyclic) bond motifs is 3. The first-order valence-electron chi connectivity index (χ1n) is 7.18. The van der Waals surface area contributed by atoms with Crippen molar-refractivity contribution in [3.63, 3.8) is 0 Å². The molecule has 2 aliphatic carbocycles. The number of imidazole rings is 1. The summed E-state index contributed by atoms with van der Waals surface area (Å²) < 4.78 is 2.26. The summed E-state index contributed by atoms with van der Waals surface area (Å²) in [4.78, 5) is 4.55. The smallest absolute Gasteiger partial charge is 0.111 e. The van der Waals surface area contributed by atoms with Crippen LogP contribution in [0.15, 0.2) is 47.9 Å². The minimum Gasteiger partial charge on any atom is -0.323 e. The lowest BCUT2D eigenvalue weighted by Crippen LogP contribution is -2.28. The van der Waals surface area contributed by atoms with Crippen LogP contribution in [0, 0.1) is 18.8 Å². The molecule has 1 aromatic carbocycles. The number of hydrogen-bond acceptors (Lipinski definition) is 3. The molecule has 1 saturated heterocycles. The maximum absolute atomic E-state index is 4.55. The van der Waals surface area contributed by atoms with E-state index in [0.29, 0.717) is 11.8 Å². The molecule has 1 aliphatic heterocycles. The van der Waals surface area contributed by atoms with Crippen molar-refractivity contribution in [3.8, 4) is 0 Å². The van der Waals surface area contributed by atoms with Gasteiger partial charge in [0.25, 0.3) is 0 Å². The molecule has 0 bridgehead atoms. The quantitative estimate of drug-likeness (QED) is 0.831. The van der Waals surface area contributed by atoms with E-state index in [9.17, 15) is 0 Å². The second-order valence-corrected chi connectivity index (χ2v) is 6.07.